The molecule has 0 spiro atoms. The molecule has 1 aromatic carbocycles. The second kappa shape index (κ2) is 21.0. The zero-order valence-corrected chi connectivity index (χ0v) is 31.9. The van der Waals surface area contributed by atoms with Gasteiger partial charge in [-0.15, -0.1) is 0 Å². The molecule has 3 heterocycles. The summed E-state index contributed by atoms with van der Waals surface area (Å²) < 4.78 is 56.6. The number of ether oxygens (including phenoxy) is 4. The lowest BCUT2D eigenvalue weighted by atomic mass is 10.0. The van der Waals surface area contributed by atoms with E-state index in [1.165, 1.54) is 38.2 Å². The SMILES string of the molecule is COC(=O)CN(CC(=O)OC)Cc1cccc(-c2cc(-c3ccc(C#CCNC(=O)C(F)(F)F)cc3)cc(-c3cccc(CN(CC(=O)OC)CC(=O)OC)n3)n2)n1. The number of hydrogen-bond donors (Lipinski definition) is 1. The largest absolute Gasteiger partial charge is 0.471 e. The van der Waals surface area contributed by atoms with Gasteiger partial charge in [-0.05, 0) is 59.7 Å². The maximum Gasteiger partial charge on any atom is 0.471 e. The number of amides is 1. The van der Waals surface area contributed by atoms with Gasteiger partial charge in [-0.25, -0.2) is 15.0 Å². The van der Waals surface area contributed by atoms with E-state index in [4.69, 9.17) is 33.9 Å². The molecule has 3 aromatic heterocycles. The number of nitrogens with zero attached hydrogens (tertiary/aromatic N) is 5. The van der Waals surface area contributed by atoms with Crippen LogP contribution in [0.5, 0.6) is 0 Å². The van der Waals surface area contributed by atoms with Crippen molar-refractivity contribution in [3.8, 4) is 45.7 Å². The van der Waals surface area contributed by atoms with Crippen molar-refractivity contribution in [3.63, 3.8) is 0 Å². The summed E-state index contributed by atoms with van der Waals surface area (Å²) in [4.78, 5) is 77.0. The summed E-state index contributed by atoms with van der Waals surface area (Å²) in [5.41, 5.74) is 4.61. The van der Waals surface area contributed by atoms with Gasteiger partial charge in [0.2, 0.25) is 0 Å². The summed E-state index contributed by atoms with van der Waals surface area (Å²) in [5, 5.41) is 1.70. The number of carbonyl (C=O) groups is 5. The summed E-state index contributed by atoms with van der Waals surface area (Å²) in [6.07, 6.45) is -5.01. The van der Waals surface area contributed by atoms with Crippen molar-refractivity contribution in [3.05, 3.63) is 89.7 Å². The van der Waals surface area contributed by atoms with Gasteiger partial charge in [-0.2, -0.15) is 13.2 Å². The smallest absolute Gasteiger partial charge is 0.468 e. The maximum atomic E-state index is 12.5. The predicted molar refractivity (Wildman–Crippen MR) is 201 cm³/mol. The monoisotopic (exact) mass is 804 g/mol. The number of hydrogen-bond acceptors (Lipinski definition) is 14. The van der Waals surface area contributed by atoms with E-state index < -0.39 is 42.5 Å². The fourth-order valence-electron chi connectivity index (χ4n) is 5.28. The van der Waals surface area contributed by atoms with Crippen molar-refractivity contribution in [2.45, 2.75) is 19.3 Å². The molecular weight excluding hydrogens is 765 g/mol. The molecule has 0 fully saturated rings. The third-order valence-corrected chi connectivity index (χ3v) is 8.10. The number of methoxy groups -OCH3 is 4. The summed E-state index contributed by atoms with van der Waals surface area (Å²) >= 11 is 0. The molecule has 0 radical (unpaired) electrons. The van der Waals surface area contributed by atoms with Gasteiger partial charge in [-0.1, -0.05) is 36.1 Å². The lowest BCUT2D eigenvalue weighted by molar-refractivity contribution is -0.173. The zero-order valence-electron chi connectivity index (χ0n) is 31.9. The number of benzene rings is 1. The van der Waals surface area contributed by atoms with Crippen LogP contribution in [0.4, 0.5) is 13.2 Å². The molecule has 18 heteroatoms. The summed E-state index contributed by atoms with van der Waals surface area (Å²) in [6.45, 7) is -1.11. The molecule has 15 nitrogen and oxygen atoms in total. The Bertz CT molecular complexity index is 2030. The molecule has 0 unspecified atom stereocenters. The Balaban J connectivity index is 1.74. The van der Waals surface area contributed by atoms with Gasteiger partial charge in [0.1, 0.15) is 0 Å². The van der Waals surface area contributed by atoms with Crippen LogP contribution in [0.2, 0.25) is 0 Å². The van der Waals surface area contributed by atoms with Crippen molar-refractivity contribution >= 4 is 29.8 Å². The number of nitrogens with one attached hydrogen (secondary N) is 1. The molecule has 58 heavy (non-hydrogen) atoms. The second-order valence-electron chi connectivity index (χ2n) is 12.3. The van der Waals surface area contributed by atoms with E-state index in [0.717, 1.165) is 0 Å². The first-order chi connectivity index (χ1) is 27.7. The average Bonchev–Trinajstić information content (AvgIpc) is 3.21. The Kier molecular flexibility index (Phi) is 15.9. The highest BCUT2D eigenvalue weighted by Gasteiger charge is 2.38. The van der Waals surface area contributed by atoms with E-state index in [1.54, 1.807) is 78.1 Å². The number of pyridine rings is 3. The van der Waals surface area contributed by atoms with Crippen LogP contribution in [-0.2, 0) is 56.0 Å². The third kappa shape index (κ3) is 13.5. The highest BCUT2D eigenvalue weighted by atomic mass is 19.4. The molecular formula is C40H39F3N6O9. The van der Waals surface area contributed by atoms with Crippen LogP contribution in [0.3, 0.4) is 0 Å². The van der Waals surface area contributed by atoms with E-state index in [-0.39, 0.29) is 39.3 Å². The number of aromatic nitrogens is 3. The molecule has 0 saturated carbocycles. The Morgan fingerprint density at radius 3 is 1.43 bits per heavy atom. The lowest BCUT2D eigenvalue weighted by Crippen LogP contribution is -2.36. The van der Waals surface area contributed by atoms with E-state index in [0.29, 0.717) is 50.9 Å². The van der Waals surface area contributed by atoms with E-state index in [2.05, 4.69) is 11.8 Å². The first-order valence-corrected chi connectivity index (χ1v) is 17.3. The Morgan fingerprint density at radius 1 is 0.603 bits per heavy atom. The molecule has 304 valence electrons. The fourth-order valence-corrected chi connectivity index (χ4v) is 5.28. The molecule has 1 amide bonds. The van der Waals surface area contributed by atoms with Crippen molar-refractivity contribution in [2.75, 3.05) is 61.2 Å². The van der Waals surface area contributed by atoms with Crippen LogP contribution < -0.4 is 5.32 Å². The lowest BCUT2D eigenvalue weighted by Gasteiger charge is -2.20. The topological polar surface area (TPSA) is 179 Å². The van der Waals surface area contributed by atoms with Crippen molar-refractivity contribution in [2.24, 2.45) is 0 Å². The van der Waals surface area contributed by atoms with Crippen LogP contribution >= 0.6 is 0 Å². The molecule has 0 aliphatic carbocycles. The third-order valence-electron chi connectivity index (χ3n) is 8.10. The minimum Gasteiger partial charge on any atom is -0.468 e. The number of esters is 4. The van der Waals surface area contributed by atoms with Gasteiger partial charge in [0, 0.05) is 18.7 Å². The second-order valence-corrected chi connectivity index (χ2v) is 12.3. The van der Waals surface area contributed by atoms with Gasteiger partial charge >= 0.3 is 36.0 Å². The molecule has 0 saturated heterocycles. The van der Waals surface area contributed by atoms with E-state index in [1.807, 2.05) is 0 Å². The highest BCUT2D eigenvalue weighted by Crippen LogP contribution is 2.30. The minimum atomic E-state index is -5.01. The van der Waals surface area contributed by atoms with E-state index >= 15 is 0 Å². The summed E-state index contributed by atoms with van der Waals surface area (Å²) in [6, 6.07) is 20.9. The minimum absolute atomic E-state index is 0.0875. The first-order valence-electron chi connectivity index (χ1n) is 17.3. The zero-order chi connectivity index (χ0) is 42.2. The maximum absolute atomic E-state index is 12.5. The summed E-state index contributed by atoms with van der Waals surface area (Å²) in [7, 11) is 4.96. The number of alkyl halides is 3. The predicted octanol–water partition coefficient (Wildman–Crippen LogP) is 3.20. The molecule has 1 N–H and O–H groups in total. The van der Waals surface area contributed by atoms with Gasteiger partial charge < -0.3 is 24.3 Å². The van der Waals surface area contributed by atoms with Crippen molar-refractivity contribution < 1.29 is 56.1 Å². The quantitative estimate of drug-likeness (QED) is 0.0992. The van der Waals surface area contributed by atoms with Crippen LogP contribution in [0, 0.1) is 11.8 Å². The van der Waals surface area contributed by atoms with Gasteiger partial charge in [0.25, 0.3) is 0 Å². The van der Waals surface area contributed by atoms with Crippen molar-refractivity contribution in [1.82, 2.24) is 30.1 Å². The highest BCUT2D eigenvalue weighted by molar-refractivity contribution is 5.82. The Hall–Kier alpha value is -6.71. The van der Waals surface area contributed by atoms with Gasteiger partial charge in [-0.3, -0.25) is 33.8 Å². The fraction of sp³-hybridized carbons (Fsp3) is 0.300. The molecule has 0 atom stereocenters. The summed E-state index contributed by atoms with van der Waals surface area (Å²) in [5.74, 6) is 0.908. The van der Waals surface area contributed by atoms with Crippen molar-refractivity contribution in [1.29, 1.82) is 0 Å². The van der Waals surface area contributed by atoms with Crippen LogP contribution in [0.1, 0.15) is 17.0 Å². The Labute approximate surface area is 331 Å². The first kappa shape index (κ1) is 44.0. The molecule has 0 aliphatic rings. The normalized spacial score (nSPS) is 11.0. The van der Waals surface area contributed by atoms with Gasteiger partial charge in [0.05, 0.1) is 95.3 Å². The number of halogens is 3. The molecule has 0 aliphatic heterocycles. The van der Waals surface area contributed by atoms with Crippen LogP contribution in [0.15, 0.2) is 72.8 Å². The number of rotatable bonds is 16. The molecule has 4 rings (SSSR count). The van der Waals surface area contributed by atoms with Crippen LogP contribution in [0.25, 0.3) is 33.9 Å². The molecule has 0 bridgehead atoms. The van der Waals surface area contributed by atoms with Crippen LogP contribution in [-0.4, -0.2) is 122 Å². The Morgan fingerprint density at radius 2 is 1.03 bits per heavy atom. The average molecular weight is 805 g/mol. The number of carbonyl (C=O) groups excluding carboxylic acids is 5. The van der Waals surface area contributed by atoms with Gasteiger partial charge in [0.15, 0.2) is 0 Å². The van der Waals surface area contributed by atoms with E-state index in [9.17, 15) is 37.1 Å². The molecule has 4 aromatic rings. The standard InChI is InChI=1S/C40H39F3N6O9/c1-55-35(50)22-48(23-36(51)56-2)20-29-9-5-11-31(45-29)33-18-28(27-15-13-26(14-16-27)8-7-17-44-39(54)40(41,42)43)19-34(47-33)32-12-6-10-30(46-32)21-49(24-37(52)57-3)25-38(53)58-4/h5-6,9-16,18-19H,17,20-25H2,1-4H3,(H,44,54).